The van der Waals surface area contributed by atoms with Crippen LogP contribution in [0.25, 0.3) is 0 Å². The first-order chi connectivity index (χ1) is 6.86. The largest absolute Gasteiger partial charge is 0.330 e. The predicted octanol–water partition coefficient (Wildman–Crippen LogP) is 1.58. The van der Waals surface area contributed by atoms with E-state index in [1.165, 1.54) is 5.56 Å². The van der Waals surface area contributed by atoms with E-state index in [4.69, 9.17) is 0 Å². The lowest BCUT2D eigenvalue weighted by Crippen LogP contribution is -2.62. The molecule has 1 fully saturated rings. The van der Waals surface area contributed by atoms with Gasteiger partial charge in [0, 0.05) is 6.54 Å². The monoisotopic (exact) mass is 185 g/mol. The number of nitrogens with zero attached hydrogens (tertiary/aromatic N) is 1. The normalized spacial score (nSPS) is 28.0. The second kappa shape index (κ2) is 2.71. The number of hydrogen-bond acceptors (Lipinski definition) is 1. The minimum absolute atomic E-state index is 0.207. The molecule has 1 saturated heterocycles. The Balaban J connectivity index is 1.75. The van der Waals surface area contributed by atoms with Crippen LogP contribution in [0, 0.1) is 5.92 Å². The van der Waals surface area contributed by atoms with Crippen molar-refractivity contribution in [1.29, 1.82) is 0 Å². The molecule has 14 heavy (non-hydrogen) atoms. The number of amides is 1. The Labute approximate surface area is 82.8 Å². The van der Waals surface area contributed by atoms with Gasteiger partial charge in [-0.3, -0.25) is 4.79 Å². The van der Waals surface area contributed by atoms with Crippen LogP contribution in [-0.4, -0.2) is 16.8 Å². The summed E-state index contributed by atoms with van der Waals surface area (Å²) < 4.78 is 0. The zero-order valence-corrected chi connectivity index (χ0v) is 7.76. The maximum Gasteiger partial charge on any atom is 0.232 e. The molecular formula is C12H11NO. The molecule has 1 aliphatic carbocycles. The van der Waals surface area contributed by atoms with Gasteiger partial charge in [0.25, 0.3) is 0 Å². The minimum atomic E-state index is 0.207. The van der Waals surface area contributed by atoms with Crippen molar-refractivity contribution in [2.75, 3.05) is 0 Å². The summed E-state index contributed by atoms with van der Waals surface area (Å²) in [5.41, 5.74) is 1.21. The van der Waals surface area contributed by atoms with Gasteiger partial charge in [0.2, 0.25) is 5.91 Å². The average Bonchev–Trinajstić information content (AvgIpc) is 2.17. The van der Waals surface area contributed by atoms with Crippen molar-refractivity contribution in [3.05, 3.63) is 48.0 Å². The van der Waals surface area contributed by atoms with Crippen molar-refractivity contribution in [2.24, 2.45) is 5.92 Å². The van der Waals surface area contributed by atoms with Crippen LogP contribution in [0.3, 0.4) is 0 Å². The first-order valence-electron chi connectivity index (χ1n) is 4.89. The Kier molecular flexibility index (Phi) is 1.51. The molecule has 0 unspecified atom stereocenters. The van der Waals surface area contributed by atoms with Gasteiger partial charge in [0.1, 0.15) is 0 Å². The van der Waals surface area contributed by atoms with Crippen LogP contribution in [0.2, 0.25) is 0 Å². The molecule has 0 bridgehead atoms. The number of likely N-dealkylation sites (tertiary alicyclic amines) is 1. The summed E-state index contributed by atoms with van der Waals surface area (Å²) in [5, 5.41) is 0. The van der Waals surface area contributed by atoms with Crippen LogP contribution in [-0.2, 0) is 11.3 Å². The molecule has 1 aromatic carbocycles. The van der Waals surface area contributed by atoms with E-state index < -0.39 is 0 Å². The Morgan fingerprint density at radius 3 is 2.50 bits per heavy atom. The summed E-state index contributed by atoms with van der Waals surface area (Å²) in [6.07, 6.45) is 4.10. The molecule has 0 saturated carbocycles. The third kappa shape index (κ3) is 0.939. The molecule has 2 aliphatic rings. The lowest BCUT2D eigenvalue weighted by Gasteiger charge is -2.49. The maximum absolute atomic E-state index is 11.5. The van der Waals surface area contributed by atoms with Crippen molar-refractivity contribution in [3.8, 4) is 0 Å². The van der Waals surface area contributed by atoms with Crippen LogP contribution >= 0.6 is 0 Å². The Morgan fingerprint density at radius 1 is 1.14 bits per heavy atom. The van der Waals surface area contributed by atoms with Crippen LogP contribution in [0.5, 0.6) is 0 Å². The molecule has 1 heterocycles. The first-order valence-corrected chi connectivity index (χ1v) is 4.89. The van der Waals surface area contributed by atoms with E-state index in [-0.39, 0.29) is 11.8 Å². The van der Waals surface area contributed by atoms with Crippen molar-refractivity contribution >= 4 is 5.91 Å². The fraction of sp³-hybridized carbons (Fsp3) is 0.250. The van der Waals surface area contributed by atoms with E-state index in [0.717, 1.165) is 6.54 Å². The van der Waals surface area contributed by atoms with Crippen molar-refractivity contribution in [3.63, 3.8) is 0 Å². The van der Waals surface area contributed by atoms with Gasteiger partial charge in [-0.05, 0) is 5.56 Å². The van der Waals surface area contributed by atoms with Crippen molar-refractivity contribution < 1.29 is 4.79 Å². The van der Waals surface area contributed by atoms with E-state index in [9.17, 15) is 4.79 Å². The molecule has 3 rings (SSSR count). The van der Waals surface area contributed by atoms with Crippen molar-refractivity contribution in [1.82, 2.24) is 4.90 Å². The maximum atomic E-state index is 11.5. The molecule has 0 aromatic heterocycles. The van der Waals surface area contributed by atoms with Crippen LogP contribution in [0.4, 0.5) is 0 Å². The highest BCUT2D eigenvalue weighted by Gasteiger charge is 2.48. The van der Waals surface area contributed by atoms with Gasteiger partial charge in [0.05, 0.1) is 12.0 Å². The Morgan fingerprint density at radius 2 is 1.93 bits per heavy atom. The third-order valence-corrected chi connectivity index (χ3v) is 3.01. The van der Waals surface area contributed by atoms with Gasteiger partial charge in [-0.25, -0.2) is 0 Å². The number of hydrogen-bond donors (Lipinski definition) is 0. The van der Waals surface area contributed by atoms with E-state index >= 15 is 0 Å². The van der Waals surface area contributed by atoms with Crippen molar-refractivity contribution in [2.45, 2.75) is 12.6 Å². The second-order valence-corrected chi connectivity index (χ2v) is 3.85. The standard InChI is InChI=1S/C12H11NO/c14-12-10-6-7-11(10)13(12)8-9-4-2-1-3-5-9/h1-7,10-11H,8H2/t10-,11+/m0/s1. The first kappa shape index (κ1) is 7.80. The zero-order valence-electron chi connectivity index (χ0n) is 7.76. The van der Waals surface area contributed by atoms with E-state index in [0.29, 0.717) is 6.04 Å². The molecule has 2 nitrogen and oxygen atoms in total. The van der Waals surface area contributed by atoms with Gasteiger partial charge in [-0.1, -0.05) is 42.5 Å². The summed E-state index contributed by atoms with van der Waals surface area (Å²) in [5.74, 6) is 0.486. The topological polar surface area (TPSA) is 20.3 Å². The SMILES string of the molecule is O=C1[C@H]2C=C[C@H]2N1Cc1ccccc1. The molecule has 1 aliphatic heterocycles. The number of benzene rings is 1. The highest BCUT2D eigenvalue weighted by Crippen LogP contribution is 2.37. The van der Waals surface area contributed by atoms with E-state index in [1.807, 2.05) is 29.2 Å². The number of carbonyl (C=O) groups is 1. The lowest BCUT2D eigenvalue weighted by atomic mass is 9.78. The molecule has 1 aromatic rings. The van der Waals surface area contributed by atoms with Gasteiger partial charge in [-0.2, -0.15) is 0 Å². The quantitative estimate of drug-likeness (QED) is 0.506. The smallest absolute Gasteiger partial charge is 0.232 e. The summed E-state index contributed by atoms with van der Waals surface area (Å²) in [6.45, 7) is 0.755. The zero-order chi connectivity index (χ0) is 9.54. The molecule has 2 heteroatoms. The average molecular weight is 185 g/mol. The molecule has 1 amide bonds. The van der Waals surface area contributed by atoms with Gasteiger partial charge in [-0.15, -0.1) is 0 Å². The van der Waals surface area contributed by atoms with Crippen LogP contribution in [0.1, 0.15) is 5.56 Å². The fourth-order valence-electron chi connectivity index (χ4n) is 2.07. The molecule has 2 atom stereocenters. The molecule has 70 valence electrons. The summed E-state index contributed by atoms with van der Waals surface area (Å²) in [7, 11) is 0. The molecule has 0 radical (unpaired) electrons. The number of rotatable bonds is 2. The molecule has 0 N–H and O–H groups in total. The van der Waals surface area contributed by atoms with E-state index in [2.05, 4.69) is 18.2 Å². The third-order valence-electron chi connectivity index (χ3n) is 3.01. The van der Waals surface area contributed by atoms with Gasteiger partial charge < -0.3 is 4.90 Å². The fourth-order valence-corrected chi connectivity index (χ4v) is 2.07. The Bertz CT molecular complexity index is 396. The second-order valence-electron chi connectivity index (χ2n) is 3.85. The molecule has 0 spiro atoms. The Hall–Kier alpha value is -1.57. The van der Waals surface area contributed by atoms with Gasteiger partial charge >= 0.3 is 0 Å². The lowest BCUT2D eigenvalue weighted by molar-refractivity contribution is -0.152. The van der Waals surface area contributed by atoms with Crippen LogP contribution < -0.4 is 0 Å². The summed E-state index contributed by atoms with van der Waals surface area (Å²) in [4.78, 5) is 13.4. The van der Waals surface area contributed by atoms with E-state index in [1.54, 1.807) is 0 Å². The predicted molar refractivity (Wildman–Crippen MR) is 53.4 cm³/mol. The van der Waals surface area contributed by atoms with Gasteiger partial charge in [0.15, 0.2) is 0 Å². The minimum Gasteiger partial charge on any atom is -0.330 e. The molecular weight excluding hydrogens is 174 g/mol. The highest BCUT2D eigenvalue weighted by atomic mass is 16.2. The number of β-lactam (4-membered cyclic amide) rings is 1. The summed E-state index contributed by atoms with van der Waals surface area (Å²) in [6, 6.07) is 10.5. The summed E-state index contributed by atoms with van der Waals surface area (Å²) >= 11 is 0. The highest BCUT2D eigenvalue weighted by molar-refractivity contribution is 5.90. The number of fused-ring (bicyclic) bond motifs is 1. The number of carbonyl (C=O) groups excluding carboxylic acids is 1. The van der Waals surface area contributed by atoms with Crippen LogP contribution in [0.15, 0.2) is 42.5 Å².